The molecule has 1 N–H and O–H groups in total. The highest BCUT2D eigenvalue weighted by molar-refractivity contribution is 7.15. The van der Waals surface area contributed by atoms with Crippen LogP contribution in [-0.2, 0) is 17.6 Å². The van der Waals surface area contributed by atoms with Crippen molar-refractivity contribution in [2.75, 3.05) is 6.61 Å². The molecule has 2 aromatic heterocycles. The Hall–Kier alpha value is -3.25. The number of carboxylic acid groups (broad SMARTS) is 1. The molecule has 0 saturated carbocycles. The van der Waals surface area contributed by atoms with Crippen molar-refractivity contribution < 1.29 is 14.6 Å². The molecule has 3 aromatic rings. The molecule has 1 atom stereocenters. The Labute approximate surface area is 204 Å². The summed E-state index contributed by atoms with van der Waals surface area (Å²) in [5.41, 5.74) is 6.35. The van der Waals surface area contributed by atoms with E-state index >= 15 is 0 Å². The van der Waals surface area contributed by atoms with E-state index in [0.29, 0.717) is 18.9 Å². The minimum atomic E-state index is -0.780. The number of aryl methyl sites for hydroxylation is 3. The molecule has 4 rings (SSSR count). The topological polar surface area (TPSA) is 72.3 Å². The van der Waals surface area contributed by atoms with E-state index in [-0.39, 0.29) is 6.42 Å². The SMILES string of the molecule is Cc1cc(OCCc2nc(-c3ccc(C4=CC(C)CC=C4)nc3)sc2C)ccc1CCC(=O)O. The maximum absolute atomic E-state index is 10.8. The lowest BCUT2D eigenvalue weighted by Gasteiger charge is -2.11. The summed E-state index contributed by atoms with van der Waals surface area (Å²) in [6.45, 7) is 6.84. The molecule has 5 nitrogen and oxygen atoms in total. The number of thiazole rings is 1. The van der Waals surface area contributed by atoms with E-state index in [4.69, 9.17) is 14.8 Å². The first-order valence-corrected chi connectivity index (χ1v) is 12.5. The zero-order valence-electron chi connectivity index (χ0n) is 19.9. The largest absolute Gasteiger partial charge is 0.493 e. The lowest BCUT2D eigenvalue weighted by Crippen LogP contribution is -2.04. The van der Waals surface area contributed by atoms with Crippen LogP contribution in [0.15, 0.2) is 54.8 Å². The number of hydrogen-bond donors (Lipinski definition) is 1. The molecule has 6 heteroatoms. The number of carbonyl (C=O) groups is 1. The predicted molar refractivity (Wildman–Crippen MR) is 137 cm³/mol. The van der Waals surface area contributed by atoms with Gasteiger partial charge in [-0.05, 0) is 73.6 Å². The van der Waals surface area contributed by atoms with E-state index in [9.17, 15) is 4.79 Å². The van der Waals surface area contributed by atoms with Crippen molar-refractivity contribution in [1.82, 2.24) is 9.97 Å². The highest BCUT2D eigenvalue weighted by Crippen LogP contribution is 2.29. The minimum absolute atomic E-state index is 0.138. The van der Waals surface area contributed by atoms with E-state index in [2.05, 4.69) is 49.2 Å². The van der Waals surface area contributed by atoms with E-state index in [0.717, 1.165) is 51.7 Å². The van der Waals surface area contributed by atoms with Gasteiger partial charge >= 0.3 is 5.97 Å². The number of ether oxygens (including phenoxy) is 1. The van der Waals surface area contributed by atoms with Gasteiger partial charge in [-0.25, -0.2) is 4.98 Å². The first-order chi connectivity index (χ1) is 16.4. The lowest BCUT2D eigenvalue weighted by molar-refractivity contribution is -0.136. The number of benzene rings is 1. The van der Waals surface area contributed by atoms with Crippen LogP contribution >= 0.6 is 11.3 Å². The van der Waals surface area contributed by atoms with E-state index < -0.39 is 5.97 Å². The molecule has 1 unspecified atom stereocenters. The van der Waals surface area contributed by atoms with Crippen molar-refractivity contribution in [2.45, 2.75) is 46.5 Å². The smallest absolute Gasteiger partial charge is 0.303 e. The average molecular weight is 475 g/mol. The molecular formula is C28H30N2O3S. The lowest BCUT2D eigenvalue weighted by atomic mass is 9.96. The molecule has 2 heterocycles. The van der Waals surface area contributed by atoms with Gasteiger partial charge in [0.05, 0.1) is 18.0 Å². The molecule has 0 spiro atoms. The van der Waals surface area contributed by atoms with Crippen LogP contribution in [-0.4, -0.2) is 27.7 Å². The number of aliphatic carboxylic acids is 1. The minimum Gasteiger partial charge on any atom is -0.493 e. The van der Waals surface area contributed by atoms with Gasteiger partial charge in [-0.3, -0.25) is 9.78 Å². The third-order valence-electron chi connectivity index (χ3n) is 6.00. The Morgan fingerprint density at radius 2 is 2.06 bits per heavy atom. The Morgan fingerprint density at radius 1 is 1.21 bits per heavy atom. The second kappa shape index (κ2) is 10.8. The van der Waals surface area contributed by atoms with E-state index in [1.807, 2.05) is 31.3 Å². The summed E-state index contributed by atoms with van der Waals surface area (Å²) in [5, 5.41) is 9.86. The van der Waals surface area contributed by atoms with Crippen LogP contribution in [0.2, 0.25) is 0 Å². The van der Waals surface area contributed by atoms with Crippen molar-refractivity contribution in [1.29, 1.82) is 0 Å². The molecule has 1 aliphatic rings. The van der Waals surface area contributed by atoms with Gasteiger partial charge in [0.2, 0.25) is 0 Å². The fraction of sp³-hybridized carbons (Fsp3) is 0.321. The van der Waals surface area contributed by atoms with E-state index in [1.165, 1.54) is 10.5 Å². The van der Waals surface area contributed by atoms with Gasteiger partial charge in [-0.15, -0.1) is 11.3 Å². The molecule has 0 amide bonds. The molecule has 0 radical (unpaired) electrons. The zero-order valence-corrected chi connectivity index (χ0v) is 20.7. The second-order valence-corrected chi connectivity index (χ2v) is 9.98. The van der Waals surface area contributed by atoms with Gasteiger partial charge in [0, 0.05) is 29.5 Å². The van der Waals surface area contributed by atoms with Gasteiger partial charge in [0.25, 0.3) is 0 Å². The Balaban J connectivity index is 1.36. The summed E-state index contributed by atoms with van der Waals surface area (Å²) >= 11 is 1.68. The van der Waals surface area contributed by atoms with Gasteiger partial charge in [-0.1, -0.05) is 31.2 Å². The molecule has 1 aliphatic carbocycles. The third kappa shape index (κ3) is 6.00. The monoisotopic (exact) mass is 474 g/mol. The molecular weight excluding hydrogens is 444 g/mol. The van der Waals surface area contributed by atoms with Crippen LogP contribution in [0.5, 0.6) is 5.75 Å². The maximum Gasteiger partial charge on any atom is 0.303 e. The molecule has 176 valence electrons. The van der Waals surface area contributed by atoms with Gasteiger partial charge in [0.15, 0.2) is 0 Å². The normalized spacial score (nSPS) is 15.3. The van der Waals surface area contributed by atoms with Crippen LogP contribution in [0.1, 0.15) is 47.2 Å². The van der Waals surface area contributed by atoms with Gasteiger partial charge in [0.1, 0.15) is 10.8 Å². The highest BCUT2D eigenvalue weighted by atomic mass is 32.1. The predicted octanol–water partition coefficient (Wildman–Crippen LogP) is 6.44. The van der Waals surface area contributed by atoms with Gasteiger partial charge < -0.3 is 9.84 Å². The quantitative estimate of drug-likeness (QED) is 0.386. The number of carboxylic acids is 1. The molecule has 0 saturated heterocycles. The first kappa shape index (κ1) is 23.9. The second-order valence-electron chi connectivity index (χ2n) is 8.77. The number of nitrogens with zero attached hydrogens (tertiary/aromatic N) is 2. The summed E-state index contributed by atoms with van der Waals surface area (Å²) in [4.78, 5) is 21.5. The molecule has 1 aromatic carbocycles. The fourth-order valence-corrected chi connectivity index (χ4v) is 4.98. The first-order valence-electron chi connectivity index (χ1n) is 11.6. The van der Waals surface area contributed by atoms with Crippen LogP contribution in [0.3, 0.4) is 0 Å². The van der Waals surface area contributed by atoms with Gasteiger partial charge in [-0.2, -0.15) is 0 Å². The number of aromatic nitrogens is 2. The molecule has 0 fully saturated rings. The Bertz CT molecular complexity index is 1220. The van der Waals surface area contributed by atoms with Crippen LogP contribution < -0.4 is 4.74 Å². The van der Waals surface area contributed by atoms with Crippen molar-refractivity contribution in [3.05, 3.63) is 82.1 Å². The summed E-state index contributed by atoms with van der Waals surface area (Å²) < 4.78 is 5.96. The van der Waals surface area contributed by atoms with Crippen molar-refractivity contribution in [3.8, 4) is 16.3 Å². The van der Waals surface area contributed by atoms with E-state index in [1.54, 1.807) is 11.3 Å². The van der Waals surface area contributed by atoms with Crippen LogP contribution in [0.4, 0.5) is 0 Å². The maximum atomic E-state index is 10.8. The van der Waals surface area contributed by atoms with Crippen molar-refractivity contribution >= 4 is 22.9 Å². The number of rotatable bonds is 9. The Morgan fingerprint density at radius 3 is 2.76 bits per heavy atom. The average Bonchev–Trinajstić information content (AvgIpc) is 3.19. The summed E-state index contributed by atoms with van der Waals surface area (Å²) in [5.74, 6) is 0.564. The third-order valence-corrected chi connectivity index (χ3v) is 7.06. The number of allylic oxidation sites excluding steroid dienone is 4. The standard InChI is InChI=1S/C28H30N2O3S/c1-18-5-4-6-22(15-18)26-11-8-23(17-29-26)28-30-25(20(3)34-28)13-14-33-24-10-7-21(19(2)16-24)9-12-27(31)32/h4,6-8,10-11,15-18H,5,9,12-14H2,1-3H3,(H,31,32). The summed E-state index contributed by atoms with van der Waals surface area (Å²) in [6.07, 6.45) is 11.0. The van der Waals surface area contributed by atoms with Crippen LogP contribution in [0.25, 0.3) is 16.1 Å². The molecule has 34 heavy (non-hydrogen) atoms. The van der Waals surface area contributed by atoms with Crippen molar-refractivity contribution in [2.24, 2.45) is 5.92 Å². The molecule has 0 bridgehead atoms. The fourth-order valence-electron chi connectivity index (χ4n) is 4.03. The van der Waals surface area contributed by atoms with Crippen LogP contribution in [0, 0.1) is 19.8 Å². The Kier molecular flexibility index (Phi) is 7.58. The zero-order chi connectivity index (χ0) is 24.1. The summed E-state index contributed by atoms with van der Waals surface area (Å²) in [7, 11) is 0. The number of pyridine rings is 1. The molecule has 0 aliphatic heterocycles. The summed E-state index contributed by atoms with van der Waals surface area (Å²) in [6, 6.07) is 10.0. The highest BCUT2D eigenvalue weighted by Gasteiger charge is 2.12. The number of hydrogen-bond acceptors (Lipinski definition) is 5. The van der Waals surface area contributed by atoms with Crippen molar-refractivity contribution in [3.63, 3.8) is 0 Å².